The first-order chi connectivity index (χ1) is 11.4. The van der Waals surface area contributed by atoms with Gasteiger partial charge in [-0.25, -0.2) is 4.79 Å². The van der Waals surface area contributed by atoms with E-state index in [1.165, 1.54) is 4.57 Å². The summed E-state index contributed by atoms with van der Waals surface area (Å²) in [6.07, 6.45) is 1.74. The zero-order chi connectivity index (χ0) is 17.4. The van der Waals surface area contributed by atoms with Gasteiger partial charge in [0.25, 0.3) is 0 Å². The molecule has 0 fully saturated rings. The van der Waals surface area contributed by atoms with Gasteiger partial charge < -0.3 is 9.73 Å². The largest absolute Gasteiger partial charge is 0.420 e. The van der Waals surface area contributed by atoms with Gasteiger partial charge in [0.2, 0.25) is 5.91 Å². The van der Waals surface area contributed by atoms with Gasteiger partial charge in [0.1, 0.15) is 6.04 Å². The lowest BCUT2D eigenvalue weighted by atomic mass is 10.1. The number of benzene rings is 1. The Labute approximate surface area is 138 Å². The average molecular weight is 328 g/mol. The number of nitrogens with zero attached hydrogens (tertiary/aromatic N) is 3. The minimum atomic E-state index is -0.680. The molecule has 0 spiro atoms. The van der Waals surface area contributed by atoms with Crippen LogP contribution in [-0.4, -0.2) is 20.3 Å². The fourth-order valence-electron chi connectivity index (χ4n) is 2.82. The van der Waals surface area contributed by atoms with E-state index in [4.69, 9.17) is 4.42 Å². The highest BCUT2D eigenvalue weighted by Gasteiger charge is 2.23. The summed E-state index contributed by atoms with van der Waals surface area (Å²) in [4.78, 5) is 24.7. The van der Waals surface area contributed by atoms with E-state index in [9.17, 15) is 9.59 Å². The maximum Gasteiger partial charge on any atom is 0.420 e. The lowest BCUT2D eigenvalue weighted by Crippen LogP contribution is -2.36. The summed E-state index contributed by atoms with van der Waals surface area (Å²) in [5, 5.41) is 7.13. The second-order valence-corrected chi connectivity index (χ2v) is 5.92. The minimum absolute atomic E-state index is 0.206. The van der Waals surface area contributed by atoms with Crippen LogP contribution in [0.5, 0.6) is 0 Å². The van der Waals surface area contributed by atoms with Crippen LogP contribution < -0.4 is 11.1 Å². The van der Waals surface area contributed by atoms with Crippen molar-refractivity contribution in [2.45, 2.75) is 32.9 Å². The number of oxazole rings is 1. The molecule has 0 aliphatic rings. The Kier molecular flexibility index (Phi) is 4.01. The molecule has 24 heavy (non-hydrogen) atoms. The number of carbonyl (C=O) groups is 1. The van der Waals surface area contributed by atoms with E-state index in [-0.39, 0.29) is 11.9 Å². The number of amides is 1. The number of nitrogens with one attached hydrogen (secondary N) is 1. The topological polar surface area (TPSA) is 82.1 Å². The first-order valence-corrected chi connectivity index (χ1v) is 7.79. The van der Waals surface area contributed by atoms with Crippen LogP contribution in [0.4, 0.5) is 0 Å². The zero-order valence-corrected chi connectivity index (χ0v) is 14.1. The molecule has 7 nitrogen and oxygen atoms in total. The number of fused-ring (bicyclic) bond motifs is 1. The molecule has 0 aliphatic carbocycles. The quantitative estimate of drug-likeness (QED) is 0.795. The molecule has 0 saturated carbocycles. The SMILES string of the molecule is Cc1c(C(C)NC(=O)C(C)n2c(=O)oc3ccccc32)cnn1C. The van der Waals surface area contributed by atoms with Crippen molar-refractivity contribution in [1.82, 2.24) is 19.7 Å². The summed E-state index contributed by atoms with van der Waals surface area (Å²) in [7, 11) is 1.85. The molecule has 7 heteroatoms. The fraction of sp³-hybridized carbons (Fsp3) is 0.353. The van der Waals surface area contributed by atoms with Crippen molar-refractivity contribution < 1.29 is 9.21 Å². The standard InChI is InChI=1S/C17H20N4O3/c1-10(13-9-18-20(4)11(13)2)19-16(22)12(3)21-14-7-5-6-8-15(14)24-17(21)23/h5-10,12H,1-4H3,(H,19,22). The van der Waals surface area contributed by atoms with Gasteiger partial charge in [-0.05, 0) is 32.9 Å². The lowest BCUT2D eigenvalue weighted by Gasteiger charge is -2.18. The summed E-state index contributed by atoms with van der Waals surface area (Å²) < 4.78 is 8.32. The molecule has 1 amide bonds. The number of aryl methyl sites for hydroxylation is 1. The average Bonchev–Trinajstić information content (AvgIpc) is 3.06. The molecule has 1 N–H and O–H groups in total. The van der Waals surface area contributed by atoms with E-state index in [1.807, 2.05) is 20.9 Å². The normalized spacial score (nSPS) is 13.8. The number of rotatable bonds is 4. The van der Waals surface area contributed by atoms with Crippen LogP contribution in [0.1, 0.15) is 37.2 Å². The second-order valence-electron chi connectivity index (χ2n) is 5.92. The number of aromatic nitrogens is 3. The Morgan fingerprint density at radius 3 is 2.67 bits per heavy atom. The maximum absolute atomic E-state index is 12.6. The molecule has 1 aromatic carbocycles. The maximum atomic E-state index is 12.6. The third kappa shape index (κ3) is 2.62. The molecule has 3 aromatic rings. The summed E-state index contributed by atoms with van der Waals surface area (Å²) >= 11 is 0. The third-order valence-electron chi connectivity index (χ3n) is 4.38. The molecular formula is C17H20N4O3. The van der Waals surface area contributed by atoms with Crippen LogP contribution in [0.2, 0.25) is 0 Å². The monoisotopic (exact) mass is 328 g/mol. The Bertz CT molecular complexity index is 950. The van der Waals surface area contributed by atoms with Crippen LogP contribution in [0, 0.1) is 6.92 Å². The zero-order valence-electron chi connectivity index (χ0n) is 14.1. The number of hydrogen-bond acceptors (Lipinski definition) is 4. The highest BCUT2D eigenvalue weighted by Crippen LogP contribution is 2.19. The molecule has 0 saturated heterocycles. The summed E-state index contributed by atoms with van der Waals surface area (Å²) in [6.45, 7) is 5.52. The van der Waals surface area contributed by atoms with Gasteiger partial charge in [0.05, 0.1) is 17.8 Å². The highest BCUT2D eigenvalue weighted by molar-refractivity contribution is 5.83. The Balaban J connectivity index is 1.85. The number of para-hydroxylation sites is 2. The van der Waals surface area contributed by atoms with Gasteiger partial charge in [-0.1, -0.05) is 12.1 Å². The van der Waals surface area contributed by atoms with E-state index in [0.717, 1.165) is 11.3 Å². The molecule has 3 rings (SSSR count). The number of carbonyl (C=O) groups excluding carboxylic acids is 1. The predicted molar refractivity (Wildman–Crippen MR) is 89.7 cm³/mol. The van der Waals surface area contributed by atoms with E-state index >= 15 is 0 Å². The highest BCUT2D eigenvalue weighted by atomic mass is 16.4. The first-order valence-electron chi connectivity index (χ1n) is 7.79. The molecule has 0 aliphatic heterocycles. The molecule has 2 unspecified atom stereocenters. The van der Waals surface area contributed by atoms with E-state index in [1.54, 1.807) is 42.1 Å². The van der Waals surface area contributed by atoms with Crippen molar-refractivity contribution in [3.63, 3.8) is 0 Å². The van der Waals surface area contributed by atoms with Gasteiger partial charge in [-0.2, -0.15) is 5.10 Å². The Morgan fingerprint density at radius 1 is 1.29 bits per heavy atom. The molecule has 0 bridgehead atoms. The van der Waals surface area contributed by atoms with Crippen molar-refractivity contribution in [1.29, 1.82) is 0 Å². The Hall–Kier alpha value is -2.83. The van der Waals surface area contributed by atoms with E-state index < -0.39 is 11.8 Å². The first kappa shape index (κ1) is 16.0. The molecule has 126 valence electrons. The Morgan fingerprint density at radius 2 is 2.00 bits per heavy atom. The molecular weight excluding hydrogens is 308 g/mol. The molecule has 2 aromatic heterocycles. The fourth-order valence-corrected chi connectivity index (χ4v) is 2.82. The second kappa shape index (κ2) is 5.99. The third-order valence-corrected chi connectivity index (χ3v) is 4.38. The van der Waals surface area contributed by atoms with Gasteiger partial charge in [0.15, 0.2) is 5.58 Å². The van der Waals surface area contributed by atoms with Gasteiger partial charge in [0, 0.05) is 18.3 Å². The van der Waals surface area contributed by atoms with Crippen molar-refractivity contribution in [3.05, 3.63) is 52.3 Å². The van der Waals surface area contributed by atoms with Crippen LogP contribution >= 0.6 is 0 Å². The minimum Gasteiger partial charge on any atom is -0.408 e. The van der Waals surface area contributed by atoms with Crippen molar-refractivity contribution >= 4 is 17.0 Å². The summed E-state index contributed by atoms with van der Waals surface area (Å²) in [6, 6.07) is 6.18. The van der Waals surface area contributed by atoms with Crippen LogP contribution in [-0.2, 0) is 11.8 Å². The van der Waals surface area contributed by atoms with E-state index in [2.05, 4.69) is 10.4 Å². The van der Waals surface area contributed by atoms with Crippen LogP contribution in [0.25, 0.3) is 11.1 Å². The van der Waals surface area contributed by atoms with E-state index in [0.29, 0.717) is 11.1 Å². The smallest absolute Gasteiger partial charge is 0.408 e. The molecule has 0 radical (unpaired) electrons. The molecule has 2 heterocycles. The molecule has 2 atom stereocenters. The van der Waals surface area contributed by atoms with Crippen LogP contribution in [0.15, 0.2) is 39.7 Å². The van der Waals surface area contributed by atoms with Crippen LogP contribution in [0.3, 0.4) is 0 Å². The predicted octanol–water partition coefficient (Wildman–Crippen LogP) is 2.07. The van der Waals surface area contributed by atoms with Crippen molar-refractivity contribution in [3.8, 4) is 0 Å². The van der Waals surface area contributed by atoms with Gasteiger partial charge in [-0.3, -0.25) is 14.0 Å². The van der Waals surface area contributed by atoms with Gasteiger partial charge >= 0.3 is 5.76 Å². The van der Waals surface area contributed by atoms with Crippen molar-refractivity contribution in [2.75, 3.05) is 0 Å². The number of hydrogen-bond donors (Lipinski definition) is 1. The van der Waals surface area contributed by atoms with Crippen molar-refractivity contribution in [2.24, 2.45) is 7.05 Å². The lowest BCUT2D eigenvalue weighted by molar-refractivity contribution is -0.124. The summed E-state index contributed by atoms with van der Waals surface area (Å²) in [5.41, 5.74) is 3.01. The summed E-state index contributed by atoms with van der Waals surface area (Å²) in [5.74, 6) is -0.788. The van der Waals surface area contributed by atoms with Gasteiger partial charge in [-0.15, -0.1) is 0 Å².